The molecule has 0 fully saturated rings. The summed E-state index contributed by atoms with van der Waals surface area (Å²) in [6, 6.07) is 12.8. The molecular formula is C20H16FN3O4. The number of fused-ring (bicyclic) bond motifs is 3. The van der Waals surface area contributed by atoms with Gasteiger partial charge >= 0.3 is 0 Å². The van der Waals surface area contributed by atoms with Crippen molar-refractivity contribution in [2.24, 2.45) is 0 Å². The van der Waals surface area contributed by atoms with Gasteiger partial charge in [-0.15, -0.1) is 0 Å². The molecule has 2 N–H and O–H groups in total. The normalized spacial score (nSPS) is 13.7. The number of halogens is 1. The van der Waals surface area contributed by atoms with Gasteiger partial charge < -0.3 is 15.0 Å². The van der Waals surface area contributed by atoms with Gasteiger partial charge in [0.05, 0.1) is 0 Å². The summed E-state index contributed by atoms with van der Waals surface area (Å²) in [7, 11) is 0. The summed E-state index contributed by atoms with van der Waals surface area (Å²) in [4.78, 5) is 38.3. The fraction of sp³-hybridized carbons (Fsp3) is 0.150. The predicted octanol–water partition coefficient (Wildman–Crippen LogP) is 1.78. The van der Waals surface area contributed by atoms with Gasteiger partial charge in [0.15, 0.2) is 11.6 Å². The van der Waals surface area contributed by atoms with E-state index in [0.717, 1.165) is 21.9 Å². The lowest BCUT2D eigenvalue weighted by atomic mass is 10.2. The molecule has 0 spiro atoms. The lowest BCUT2D eigenvalue weighted by molar-refractivity contribution is -0.134. The fourth-order valence-corrected chi connectivity index (χ4v) is 3.25. The van der Waals surface area contributed by atoms with E-state index in [2.05, 4.69) is 5.32 Å². The van der Waals surface area contributed by atoms with E-state index in [0.29, 0.717) is 11.3 Å². The van der Waals surface area contributed by atoms with Crippen molar-refractivity contribution >= 4 is 28.6 Å². The summed E-state index contributed by atoms with van der Waals surface area (Å²) in [5.41, 5.74) is 1.59. The van der Waals surface area contributed by atoms with Crippen molar-refractivity contribution in [3.8, 4) is 5.75 Å². The summed E-state index contributed by atoms with van der Waals surface area (Å²) in [6.45, 7) is -0.433. The second-order valence-electron chi connectivity index (χ2n) is 6.52. The molecule has 1 aliphatic heterocycles. The quantitative estimate of drug-likeness (QED) is 0.674. The molecule has 0 bridgehead atoms. The molecule has 0 saturated carbocycles. The summed E-state index contributed by atoms with van der Waals surface area (Å²) >= 11 is 0. The maximum atomic E-state index is 13.3. The van der Waals surface area contributed by atoms with E-state index in [1.165, 1.54) is 12.1 Å². The van der Waals surface area contributed by atoms with Gasteiger partial charge in [0, 0.05) is 17.4 Å². The maximum Gasteiger partial charge on any atom is 0.277 e. The van der Waals surface area contributed by atoms with E-state index >= 15 is 0 Å². The molecule has 3 aromatic rings. The molecule has 4 rings (SSSR count). The molecular weight excluding hydrogens is 365 g/mol. The van der Waals surface area contributed by atoms with E-state index in [4.69, 9.17) is 0 Å². The number of phenolic OH excluding ortho intramolecular Hbond substituents is 1. The van der Waals surface area contributed by atoms with Gasteiger partial charge in [-0.1, -0.05) is 24.3 Å². The zero-order valence-electron chi connectivity index (χ0n) is 14.7. The first-order valence-corrected chi connectivity index (χ1v) is 8.61. The van der Waals surface area contributed by atoms with Crippen molar-refractivity contribution in [2.45, 2.75) is 13.1 Å². The smallest absolute Gasteiger partial charge is 0.277 e. The number of hydrogen-bond acceptors (Lipinski definition) is 4. The molecule has 0 saturated heterocycles. The van der Waals surface area contributed by atoms with E-state index in [9.17, 15) is 23.9 Å². The fourth-order valence-electron chi connectivity index (χ4n) is 3.25. The average Bonchev–Trinajstić information content (AvgIpc) is 3.05. The molecule has 142 valence electrons. The highest BCUT2D eigenvalue weighted by Gasteiger charge is 2.33. The van der Waals surface area contributed by atoms with Crippen LogP contribution in [-0.4, -0.2) is 38.8 Å². The molecule has 1 aromatic heterocycles. The number of hydrogen-bond donors (Lipinski definition) is 2. The molecule has 0 atom stereocenters. The molecule has 2 aromatic carbocycles. The Morgan fingerprint density at radius 1 is 1.14 bits per heavy atom. The number of aromatic nitrogens is 1. The van der Waals surface area contributed by atoms with Crippen molar-refractivity contribution in [2.75, 3.05) is 6.54 Å². The van der Waals surface area contributed by atoms with Crippen LogP contribution in [0.5, 0.6) is 5.75 Å². The van der Waals surface area contributed by atoms with Crippen LogP contribution in [-0.2, 0) is 22.7 Å². The van der Waals surface area contributed by atoms with Crippen molar-refractivity contribution in [1.29, 1.82) is 0 Å². The molecule has 0 unspecified atom stereocenters. The van der Waals surface area contributed by atoms with E-state index in [1.54, 1.807) is 10.6 Å². The average molecular weight is 381 g/mol. The third kappa shape index (κ3) is 3.09. The zero-order chi connectivity index (χ0) is 19.8. The van der Waals surface area contributed by atoms with Gasteiger partial charge in [-0.25, -0.2) is 4.39 Å². The predicted molar refractivity (Wildman–Crippen MR) is 97.9 cm³/mol. The summed E-state index contributed by atoms with van der Waals surface area (Å²) < 4.78 is 15.0. The Hall–Kier alpha value is -3.68. The number of rotatable bonds is 4. The molecule has 28 heavy (non-hydrogen) atoms. The number of imide groups is 1. The van der Waals surface area contributed by atoms with Crippen LogP contribution in [0.4, 0.5) is 4.39 Å². The molecule has 7 nitrogen and oxygen atoms in total. The largest absolute Gasteiger partial charge is 0.505 e. The Balaban J connectivity index is 1.47. The van der Waals surface area contributed by atoms with E-state index in [-0.39, 0.29) is 13.1 Å². The molecule has 0 radical (unpaired) electrons. The first kappa shape index (κ1) is 17.7. The summed E-state index contributed by atoms with van der Waals surface area (Å²) in [6.07, 6.45) is 0. The topological polar surface area (TPSA) is 91.6 Å². The van der Waals surface area contributed by atoms with Gasteiger partial charge in [-0.2, -0.15) is 0 Å². The van der Waals surface area contributed by atoms with Crippen LogP contribution in [0.2, 0.25) is 0 Å². The zero-order valence-corrected chi connectivity index (χ0v) is 14.7. The molecule has 0 aliphatic carbocycles. The standard InChI is InChI=1S/C20H16FN3O4/c21-14-7-12(5-6-17(14)25)9-22-18(26)10-24-19(27)11-23-15-4-2-1-3-13(15)8-16(23)20(24)28/h1-8,25H,9-11H2,(H,22,26). The lowest BCUT2D eigenvalue weighted by Crippen LogP contribution is -2.49. The van der Waals surface area contributed by atoms with Crippen LogP contribution in [0, 0.1) is 5.82 Å². The third-order valence-electron chi connectivity index (χ3n) is 4.67. The highest BCUT2D eigenvalue weighted by atomic mass is 19.1. The highest BCUT2D eigenvalue weighted by molar-refractivity contribution is 6.11. The van der Waals surface area contributed by atoms with Crippen molar-refractivity contribution < 1.29 is 23.9 Å². The molecule has 8 heteroatoms. The van der Waals surface area contributed by atoms with Crippen LogP contribution < -0.4 is 5.32 Å². The number of benzene rings is 2. The van der Waals surface area contributed by atoms with Crippen molar-refractivity contribution in [3.63, 3.8) is 0 Å². The number of nitrogens with zero attached hydrogens (tertiary/aromatic N) is 2. The lowest BCUT2D eigenvalue weighted by Gasteiger charge is -2.26. The van der Waals surface area contributed by atoms with Gasteiger partial charge in [0.25, 0.3) is 5.91 Å². The first-order chi connectivity index (χ1) is 13.4. The summed E-state index contributed by atoms with van der Waals surface area (Å²) in [5, 5.41) is 12.6. The number of amides is 3. The minimum absolute atomic E-state index is 0.00647. The number of para-hydroxylation sites is 1. The Kier molecular flexibility index (Phi) is 4.31. The minimum Gasteiger partial charge on any atom is -0.505 e. The number of aromatic hydroxyl groups is 1. The molecule has 3 amide bonds. The SMILES string of the molecule is O=C(CN1C(=O)Cn2c(cc3ccccc32)C1=O)NCc1ccc(O)c(F)c1. The molecule has 2 heterocycles. The van der Waals surface area contributed by atoms with Crippen LogP contribution in [0.3, 0.4) is 0 Å². The second-order valence-corrected chi connectivity index (χ2v) is 6.52. The maximum absolute atomic E-state index is 13.3. The highest BCUT2D eigenvalue weighted by Crippen LogP contribution is 2.24. The van der Waals surface area contributed by atoms with E-state index in [1.807, 2.05) is 24.3 Å². The van der Waals surface area contributed by atoms with E-state index < -0.39 is 35.8 Å². The number of phenols is 1. The Labute approximate surface area is 159 Å². The van der Waals surface area contributed by atoms with Crippen LogP contribution in [0.1, 0.15) is 16.1 Å². The number of carbonyl (C=O) groups is 3. The monoisotopic (exact) mass is 381 g/mol. The second kappa shape index (κ2) is 6.80. The Morgan fingerprint density at radius 2 is 1.93 bits per heavy atom. The third-order valence-corrected chi connectivity index (χ3v) is 4.67. The number of nitrogens with one attached hydrogen (secondary N) is 1. The van der Waals surface area contributed by atoms with Gasteiger partial charge in [-0.3, -0.25) is 19.3 Å². The van der Waals surface area contributed by atoms with Crippen molar-refractivity contribution in [3.05, 3.63) is 65.6 Å². The Bertz CT molecular complexity index is 1120. The number of carbonyl (C=O) groups excluding carboxylic acids is 3. The minimum atomic E-state index is -0.791. The van der Waals surface area contributed by atoms with Crippen molar-refractivity contribution in [1.82, 2.24) is 14.8 Å². The molecule has 1 aliphatic rings. The summed E-state index contributed by atoms with van der Waals surface area (Å²) in [5.74, 6) is -2.81. The Morgan fingerprint density at radius 3 is 2.71 bits per heavy atom. The van der Waals surface area contributed by atoms with Gasteiger partial charge in [-0.05, 0) is 29.8 Å². The van der Waals surface area contributed by atoms with Gasteiger partial charge in [0.1, 0.15) is 18.8 Å². The first-order valence-electron chi connectivity index (χ1n) is 8.61. The van der Waals surface area contributed by atoms with Crippen LogP contribution in [0.25, 0.3) is 10.9 Å². The van der Waals surface area contributed by atoms with Crippen LogP contribution in [0.15, 0.2) is 48.5 Å². The van der Waals surface area contributed by atoms with Crippen LogP contribution >= 0.6 is 0 Å². The van der Waals surface area contributed by atoms with Gasteiger partial charge in [0.2, 0.25) is 11.8 Å².